The quantitative estimate of drug-likeness (QED) is 0.656. The topological polar surface area (TPSA) is 17.1 Å². The molecule has 0 spiro atoms. The van der Waals surface area contributed by atoms with E-state index in [9.17, 15) is 4.79 Å². The van der Waals surface area contributed by atoms with Crippen LogP contribution in [0.15, 0.2) is 60.7 Å². The fraction of sp³-hybridized carbons (Fsp3) is 0.188. The molecule has 0 aliphatic heterocycles. The van der Waals surface area contributed by atoms with E-state index in [-0.39, 0.29) is 13.2 Å². The van der Waals surface area contributed by atoms with E-state index in [2.05, 4.69) is 0 Å². The molecule has 17 heavy (non-hydrogen) atoms. The van der Waals surface area contributed by atoms with Crippen molar-refractivity contribution < 1.29 is 4.79 Å². The van der Waals surface area contributed by atoms with Crippen LogP contribution in [0.4, 0.5) is 0 Å². The molecule has 1 nitrogen and oxygen atoms in total. The van der Waals surface area contributed by atoms with Gasteiger partial charge in [-0.2, -0.15) is 0 Å². The molecule has 0 N–H and O–H groups in total. The fourth-order valence-electron chi connectivity index (χ4n) is 1.25. The largest absolute Gasteiger partial charge is 0.295 e. The molecule has 0 atom stereocenters. The van der Waals surface area contributed by atoms with Crippen molar-refractivity contribution in [1.82, 2.24) is 0 Å². The second kappa shape index (κ2) is 8.28. The molecule has 0 aliphatic carbocycles. The van der Waals surface area contributed by atoms with Crippen LogP contribution in [0.5, 0.6) is 0 Å². The van der Waals surface area contributed by atoms with Gasteiger partial charge in [-0.15, -0.1) is 0 Å². The molecule has 0 saturated carbocycles. The highest BCUT2D eigenvalue weighted by Crippen LogP contribution is 2.03. The van der Waals surface area contributed by atoms with E-state index in [4.69, 9.17) is 0 Å². The van der Waals surface area contributed by atoms with E-state index >= 15 is 0 Å². The highest BCUT2D eigenvalue weighted by molar-refractivity contribution is 5.94. The molecule has 90 valence electrons. The first-order valence-corrected chi connectivity index (χ1v) is 5.28. The first-order valence-electron chi connectivity index (χ1n) is 5.28. The van der Waals surface area contributed by atoms with Gasteiger partial charge in [0.05, 0.1) is 0 Å². The van der Waals surface area contributed by atoms with E-state index in [0.717, 1.165) is 11.1 Å². The van der Waals surface area contributed by atoms with Crippen LogP contribution in [-0.2, 0) is 0 Å². The van der Waals surface area contributed by atoms with Crippen LogP contribution < -0.4 is 0 Å². The summed E-state index contributed by atoms with van der Waals surface area (Å²) < 4.78 is 0. The first-order chi connectivity index (χ1) is 7.70. The van der Waals surface area contributed by atoms with E-state index in [1.807, 2.05) is 67.6 Å². The predicted molar refractivity (Wildman–Crippen MR) is 74.4 cm³/mol. The molecule has 0 amide bonds. The molecule has 0 fully saturated rings. The summed E-state index contributed by atoms with van der Waals surface area (Å²) in [6, 6.07) is 19.6. The Balaban J connectivity index is 0.000000316. The predicted octanol–water partition coefficient (Wildman–Crippen LogP) is 4.52. The lowest BCUT2D eigenvalue weighted by Gasteiger charge is -1.94. The van der Waals surface area contributed by atoms with Crippen molar-refractivity contribution in [1.29, 1.82) is 0 Å². The van der Waals surface area contributed by atoms with Crippen LogP contribution in [-0.4, -0.2) is 5.78 Å². The highest BCUT2D eigenvalue weighted by Gasteiger charge is 1.95. The molecular formula is C16H20O. The SMILES string of the molecule is C.CC(=O)c1cccc(C)c1.c1ccccc1. The average molecular weight is 228 g/mol. The Hall–Kier alpha value is -1.89. The van der Waals surface area contributed by atoms with Crippen LogP contribution in [0.25, 0.3) is 0 Å². The van der Waals surface area contributed by atoms with Gasteiger partial charge in [0.15, 0.2) is 5.78 Å². The molecule has 1 heteroatoms. The van der Waals surface area contributed by atoms with Crippen LogP contribution in [0.2, 0.25) is 0 Å². The van der Waals surface area contributed by atoms with Crippen molar-refractivity contribution in [2.24, 2.45) is 0 Å². The molecule has 0 radical (unpaired) electrons. The highest BCUT2D eigenvalue weighted by atomic mass is 16.1. The van der Waals surface area contributed by atoms with Crippen LogP contribution in [0.1, 0.15) is 30.3 Å². The lowest BCUT2D eigenvalue weighted by atomic mass is 10.1. The summed E-state index contributed by atoms with van der Waals surface area (Å²) in [5.74, 6) is 0.128. The maximum atomic E-state index is 10.8. The standard InChI is InChI=1S/C9H10O.C6H6.CH4/c1-7-4-3-5-9(6-7)8(2)10;1-2-4-6-5-3-1;/h3-6H,1-2H3;1-6H;1H4. The number of ketones is 1. The third-order valence-corrected chi connectivity index (χ3v) is 2.09. The molecule has 0 heterocycles. The van der Waals surface area contributed by atoms with E-state index in [0.29, 0.717) is 0 Å². The lowest BCUT2D eigenvalue weighted by Crippen LogP contribution is -1.90. The van der Waals surface area contributed by atoms with Crippen molar-refractivity contribution >= 4 is 5.78 Å². The zero-order chi connectivity index (χ0) is 11.8. The Kier molecular flexibility index (Phi) is 7.36. The van der Waals surface area contributed by atoms with Gasteiger partial charge in [0.1, 0.15) is 0 Å². The minimum absolute atomic E-state index is 0. The van der Waals surface area contributed by atoms with E-state index in [1.54, 1.807) is 6.92 Å². The summed E-state index contributed by atoms with van der Waals surface area (Å²) in [5.41, 5.74) is 1.92. The van der Waals surface area contributed by atoms with Gasteiger partial charge in [-0.1, -0.05) is 67.6 Å². The third-order valence-electron chi connectivity index (χ3n) is 2.09. The number of benzene rings is 2. The Labute approximate surface area is 104 Å². The van der Waals surface area contributed by atoms with Gasteiger partial charge in [0.25, 0.3) is 0 Å². The van der Waals surface area contributed by atoms with Crippen molar-refractivity contribution in [3.63, 3.8) is 0 Å². The Bertz CT molecular complexity index is 406. The summed E-state index contributed by atoms with van der Waals surface area (Å²) >= 11 is 0. The third kappa shape index (κ3) is 6.31. The first kappa shape index (κ1) is 15.1. The number of hydrogen-bond donors (Lipinski definition) is 0. The summed E-state index contributed by atoms with van der Waals surface area (Å²) in [6.45, 7) is 3.56. The maximum absolute atomic E-state index is 10.8. The monoisotopic (exact) mass is 228 g/mol. The molecule has 2 aromatic rings. The van der Waals surface area contributed by atoms with Gasteiger partial charge in [0, 0.05) is 5.56 Å². The van der Waals surface area contributed by atoms with Crippen molar-refractivity contribution in [2.45, 2.75) is 21.3 Å². The van der Waals surface area contributed by atoms with Crippen molar-refractivity contribution in [2.75, 3.05) is 0 Å². The summed E-state index contributed by atoms with van der Waals surface area (Å²) in [6.07, 6.45) is 0. The van der Waals surface area contributed by atoms with Crippen LogP contribution in [0.3, 0.4) is 0 Å². The molecule has 0 saturated heterocycles. The van der Waals surface area contributed by atoms with Gasteiger partial charge in [0.2, 0.25) is 0 Å². The van der Waals surface area contributed by atoms with Gasteiger partial charge < -0.3 is 0 Å². The number of Topliss-reactive ketones (excluding diaryl/α,β-unsaturated/α-hetero) is 1. The number of rotatable bonds is 1. The zero-order valence-electron chi connectivity index (χ0n) is 9.68. The number of hydrogen-bond acceptors (Lipinski definition) is 1. The maximum Gasteiger partial charge on any atom is 0.159 e. The van der Waals surface area contributed by atoms with Gasteiger partial charge >= 0.3 is 0 Å². The van der Waals surface area contributed by atoms with E-state index < -0.39 is 0 Å². The number of carbonyl (C=O) groups is 1. The fourth-order valence-corrected chi connectivity index (χ4v) is 1.25. The molecule has 0 aromatic heterocycles. The van der Waals surface area contributed by atoms with Crippen molar-refractivity contribution in [3.8, 4) is 0 Å². The van der Waals surface area contributed by atoms with Crippen molar-refractivity contribution in [3.05, 3.63) is 71.8 Å². The second-order valence-electron chi connectivity index (χ2n) is 3.58. The summed E-state index contributed by atoms with van der Waals surface area (Å²) in [5, 5.41) is 0. The van der Waals surface area contributed by atoms with Gasteiger partial charge in [-0.25, -0.2) is 0 Å². The lowest BCUT2D eigenvalue weighted by molar-refractivity contribution is 0.101. The molecule has 0 aliphatic rings. The minimum Gasteiger partial charge on any atom is -0.295 e. The Morgan fingerprint density at radius 3 is 1.65 bits per heavy atom. The molecular weight excluding hydrogens is 208 g/mol. The normalized spacial score (nSPS) is 8.35. The summed E-state index contributed by atoms with van der Waals surface area (Å²) in [4.78, 5) is 10.8. The Morgan fingerprint density at radius 2 is 1.35 bits per heavy atom. The van der Waals surface area contributed by atoms with Crippen LogP contribution in [0, 0.1) is 6.92 Å². The minimum atomic E-state index is 0. The smallest absolute Gasteiger partial charge is 0.159 e. The molecule has 2 rings (SSSR count). The zero-order valence-corrected chi connectivity index (χ0v) is 9.68. The summed E-state index contributed by atoms with van der Waals surface area (Å²) in [7, 11) is 0. The molecule has 2 aromatic carbocycles. The second-order valence-corrected chi connectivity index (χ2v) is 3.58. The van der Waals surface area contributed by atoms with Crippen LogP contribution >= 0.6 is 0 Å². The van der Waals surface area contributed by atoms with Gasteiger partial charge in [-0.05, 0) is 19.9 Å². The van der Waals surface area contributed by atoms with Gasteiger partial charge in [-0.3, -0.25) is 4.79 Å². The number of carbonyl (C=O) groups excluding carboxylic acids is 1. The number of aryl methyl sites for hydroxylation is 1. The molecule has 0 unspecified atom stereocenters. The van der Waals surface area contributed by atoms with E-state index in [1.165, 1.54) is 0 Å². The Morgan fingerprint density at radius 1 is 0.882 bits per heavy atom. The molecule has 0 bridgehead atoms. The average Bonchev–Trinajstić information content (AvgIpc) is 2.32.